The molecule has 0 aromatic carbocycles. The van der Waals surface area contributed by atoms with Gasteiger partial charge in [0.05, 0.1) is 6.61 Å². The highest BCUT2D eigenvalue weighted by Crippen LogP contribution is 2.23. The van der Waals surface area contributed by atoms with E-state index < -0.39 is 0 Å². The van der Waals surface area contributed by atoms with Gasteiger partial charge < -0.3 is 15.0 Å². The summed E-state index contributed by atoms with van der Waals surface area (Å²) >= 11 is 0. The molecule has 0 spiro atoms. The first-order valence-electron chi connectivity index (χ1n) is 8.17. The number of hydrogen-bond acceptors (Lipinski definition) is 5. The Balaban J connectivity index is 1.99. The number of hydrogen-bond donors (Lipinski definition) is 1. The van der Waals surface area contributed by atoms with Crippen LogP contribution in [0.2, 0.25) is 0 Å². The topological polar surface area (TPSA) is 50.3 Å². The molecule has 21 heavy (non-hydrogen) atoms. The maximum atomic E-state index is 5.53. The van der Waals surface area contributed by atoms with Gasteiger partial charge in [-0.3, -0.25) is 0 Å². The first kappa shape index (κ1) is 16.0. The Hall–Kier alpha value is -1.36. The highest BCUT2D eigenvalue weighted by Gasteiger charge is 2.21. The van der Waals surface area contributed by atoms with E-state index in [1.807, 2.05) is 19.9 Å². The van der Waals surface area contributed by atoms with E-state index in [1.54, 1.807) is 0 Å². The summed E-state index contributed by atoms with van der Waals surface area (Å²) in [5.41, 5.74) is 0. The standard InChI is InChI=1S/C16H28N4O/c1-4-8-17-11-14-7-6-9-20(12-14)15-10-16(21-5-2)19-13(3)18-15/h10,14,17H,4-9,11-12H2,1-3H3. The normalized spacial score (nSPS) is 18.8. The lowest BCUT2D eigenvalue weighted by Crippen LogP contribution is -2.40. The minimum atomic E-state index is 0.638. The molecule has 118 valence electrons. The Morgan fingerprint density at radius 2 is 2.24 bits per heavy atom. The summed E-state index contributed by atoms with van der Waals surface area (Å²) in [5, 5.41) is 3.54. The fourth-order valence-electron chi connectivity index (χ4n) is 2.83. The number of nitrogens with zero attached hydrogens (tertiary/aromatic N) is 3. The Morgan fingerprint density at radius 1 is 1.38 bits per heavy atom. The molecule has 1 unspecified atom stereocenters. The fraction of sp³-hybridized carbons (Fsp3) is 0.750. The third-order valence-corrected chi connectivity index (χ3v) is 3.80. The quantitative estimate of drug-likeness (QED) is 0.782. The van der Waals surface area contributed by atoms with E-state index in [-0.39, 0.29) is 0 Å². The Labute approximate surface area is 128 Å². The Bertz CT molecular complexity index is 438. The molecule has 0 amide bonds. The van der Waals surface area contributed by atoms with Crippen molar-refractivity contribution in [2.45, 2.75) is 40.0 Å². The average Bonchev–Trinajstić information content (AvgIpc) is 2.48. The van der Waals surface area contributed by atoms with Crippen LogP contribution in [-0.2, 0) is 0 Å². The van der Waals surface area contributed by atoms with Crippen molar-refractivity contribution in [3.05, 3.63) is 11.9 Å². The lowest BCUT2D eigenvalue weighted by Gasteiger charge is -2.34. The number of nitrogens with one attached hydrogen (secondary N) is 1. The van der Waals surface area contributed by atoms with Crippen LogP contribution < -0.4 is 15.0 Å². The second kappa shape index (κ2) is 8.17. The second-order valence-electron chi connectivity index (χ2n) is 5.70. The van der Waals surface area contributed by atoms with Crippen molar-refractivity contribution in [1.82, 2.24) is 15.3 Å². The molecular formula is C16H28N4O. The molecule has 1 fully saturated rings. The first-order chi connectivity index (χ1) is 10.2. The highest BCUT2D eigenvalue weighted by atomic mass is 16.5. The van der Waals surface area contributed by atoms with Gasteiger partial charge in [0.15, 0.2) is 0 Å². The second-order valence-corrected chi connectivity index (χ2v) is 5.70. The zero-order valence-corrected chi connectivity index (χ0v) is 13.6. The van der Waals surface area contributed by atoms with Crippen LogP contribution in [0.15, 0.2) is 6.07 Å². The van der Waals surface area contributed by atoms with Gasteiger partial charge in [-0.1, -0.05) is 6.92 Å². The van der Waals surface area contributed by atoms with Crippen LogP contribution in [0.1, 0.15) is 38.9 Å². The van der Waals surface area contributed by atoms with E-state index in [0.717, 1.165) is 37.8 Å². The summed E-state index contributed by atoms with van der Waals surface area (Å²) in [6.45, 7) is 11.1. The van der Waals surface area contributed by atoms with Crippen molar-refractivity contribution in [3.63, 3.8) is 0 Å². The van der Waals surface area contributed by atoms with Gasteiger partial charge in [0.25, 0.3) is 0 Å². The van der Waals surface area contributed by atoms with Gasteiger partial charge in [-0.2, -0.15) is 4.98 Å². The molecular weight excluding hydrogens is 264 g/mol. The molecule has 5 nitrogen and oxygen atoms in total. The summed E-state index contributed by atoms with van der Waals surface area (Å²) in [4.78, 5) is 11.3. The molecule has 2 heterocycles. The molecule has 1 aliphatic heterocycles. The van der Waals surface area contributed by atoms with E-state index in [9.17, 15) is 0 Å². The molecule has 1 aliphatic rings. The molecule has 1 aromatic rings. The van der Waals surface area contributed by atoms with Crippen LogP contribution in [0.5, 0.6) is 5.88 Å². The van der Waals surface area contributed by atoms with E-state index in [2.05, 4.69) is 27.1 Å². The summed E-state index contributed by atoms with van der Waals surface area (Å²) in [6, 6.07) is 1.97. The predicted molar refractivity (Wildman–Crippen MR) is 86.0 cm³/mol. The van der Waals surface area contributed by atoms with Crippen molar-refractivity contribution in [1.29, 1.82) is 0 Å². The molecule has 0 aliphatic carbocycles. The van der Waals surface area contributed by atoms with E-state index in [0.29, 0.717) is 18.4 Å². The molecule has 1 atom stereocenters. The summed E-state index contributed by atoms with van der Waals surface area (Å²) in [7, 11) is 0. The molecule has 0 radical (unpaired) electrons. The maximum absolute atomic E-state index is 5.53. The number of ether oxygens (including phenoxy) is 1. The molecule has 0 saturated carbocycles. The molecule has 1 N–H and O–H groups in total. The van der Waals surface area contributed by atoms with Gasteiger partial charge in [0, 0.05) is 19.2 Å². The molecule has 1 saturated heterocycles. The van der Waals surface area contributed by atoms with E-state index in [4.69, 9.17) is 4.74 Å². The van der Waals surface area contributed by atoms with Crippen molar-refractivity contribution in [2.75, 3.05) is 37.7 Å². The lowest BCUT2D eigenvalue weighted by molar-refractivity contribution is 0.324. The molecule has 1 aromatic heterocycles. The fourth-order valence-corrected chi connectivity index (χ4v) is 2.83. The number of rotatable bonds is 7. The summed E-state index contributed by atoms with van der Waals surface area (Å²) in [6.07, 6.45) is 3.72. The molecule has 0 bridgehead atoms. The van der Waals surface area contributed by atoms with Crippen LogP contribution in [0.4, 0.5) is 5.82 Å². The Kier molecular flexibility index (Phi) is 6.23. The summed E-state index contributed by atoms with van der Waals surface area (Å²) < 4.78 is 5.53. The van der Waals surface area contributed by atoms with Crippen molar-refractivity contribution < 1.29 is 4.74 Å². The average molecular weight is 292 g/mol. The first-order valence-corrected chi connectivity index (χ1v) is 8.17. The number of aryl methyl sites for hydroxylation is 1. The third-order valence-electron chi connectivity index (χ3n) is 3.80. The number of aromatic nitrogens is 2. The molecule has 2 rings (SSSR count). The monoisotopic (exact) mass is 292 g/mol. The largest absolute Gasteiger partial charge is 0.478 e. The van der Waals surface area contributed by atoms with Gasteiger partial charge in [-0.05, 0) is 52.1 Å². The SMILES string of the molecule is CCCNCC1CCCN(c2cc(OCC)nc(C)n2)C1. The minimum Gasteiger partial charge on any atom is -0.478 e. The zero-order chi connectivity index (χ0) is 15.1. The smallest absolute Gasteiger partial charge is 0.218 e. The van der Waals surface area contributed by atoms with Gasteiger partial charge in [-0.15, -0.1) is 0 Å². The van der Waals surface area contributed by atoms with Crippen LogP contribution >= 0.6 is 0 Å². The third kappa shape index (κ3) is 4.84. The summed E-state index contributed by atoms with van der Waals surface area (Å²) in [5.74, 6) is 3.18. The van der Waals surface area contributed by atoms with Crippen LogP contribution in [-0.4, -0.2) is 42.8 Å². The van der Waals surface area contributed by atoms with Crippen molar-refractivity contribution in [3.8, 4) is 5.88 Å². The van der Waals surface area contributed by atoms with Gasteiger partial charge >= 0.3 is 0 Å². The highest BCUT2D eigenvalue weighted by molar-refractivity contribution is 5.42. The molecule has 5 heteroatoms. The van der Waals surface area contributed by atoms with Crippen molar-refractivity contribution in [2.24, 2.45) is 5.92 Å². The number of piperidine rings is 1. The van der Waals surface area contributed by atoms with Crippen molar-refractivity contribution >= 4 is 5.82 Å². The van der Waals surface area contributed by atoms with Crippen LogP contribution in [0, 0.1) is 12.8 Å². The van der Waals surface area contributed by atoms with Crippen LogP contribution in [0.25, 0.3) is 0 Å². The lowest BCUT2D eigenvalue weighted by atomic mass is 9.98. The number of anilines is 1. The van der Waals surface area contributed by atoms with E-state index in [1.165, 1.54) is 19.3 Å². The van der Waals surface area contributed by atoms with Gasteiger partial charge in [0.2, 0.25) is 5.88 Å². The minimum absolute atomic E-state index is 0.638. The predicted octanol–water partition coefficient (Wildman–Crippen LogP) is 2.40. The van der Waals surface area contributed by atoms with E-state index >= 15 is 0 Å². The maximum Gasteiger partial charge on any atom is 0.218 e. The zero-order valence-electron chi connectivity index (χ0n) is 13.6. The van der Waals surface area contributed by atoms with Crippen LogP contribution in [0.3, 0.4) is 0 Å². The van der Waals surface area contributed by atoms with Gasteiger partial charge in [-0.25, -0.2) is 4.98 Å². The van der Waals surface area contributed by atoms with Gasteiger partial charge in [0.1, 0.15) is 11.6 Å². The Morgan fingerprint density at radius 3 is 3.00 bits per heavy atom.